The lowest BCUT2D eigenvalue weighted by Gasteiger charge is -2.09. The molecule has 0 heterocycles. The van der Waals surface area contributed by atoms with Gasteiger partial charge >= 0.3 is 11.2 Å². The van der Waals surface area contributed by atoms with Gasteiger partial charge in [-0.25, -0.2) is 4.79 Å². The van der Waals surface area contributed by atoms with E-state index in [4.69, 9.17) is 16.7 Å². The van der Waals surface area contributed by atoms with Crippen LogP contribution in [-0.2, 0) is 4.79 Å². The lowest BCUT2D eigenvalue weighted by atomic mass is 10.4. The Morgan fingerprint density at radius 2 is 2.14 bits per heavy atom. The summed E-state index contributed by atoms with van der Waals surface area (Å²) < 4.78 is 25.4. The fourth-order valence-corrected chi connectivity index (χ4v) is 1.69. The van der Waals surface area contributed by atoms with Crippen LogP contribution in [0, 0.1) is 0 Å². The molecule has 6 heteroatoms. The highest BCUT2D eigenvalue weighted by atomic mass is 35.5. The second-order valence-corrected chi connectivity index (χ2v) is 4.01. The SMILES string of the molecule is O=C(O)C(F)(F)Sc1cccc(Cl)c1. The van der Waals surface area contributed by atoms with E-state index in [1.165, 1.54) is 24.3 Å². The zero-order chi connectivity index (χ0) is 10.8. The number of hydrogen-bond acceptors (Lipinski definition) is 2. The first kappa shape index (κ1) is 11.3. The van der Waals surface area contributed by atoms with Gasteiger partial charge in [0.25, 0.3) is 0 Å². The first-order valence-corrected chi connectivity index (χ1v) is 4.67. The molecule has 0 atom stereocenters. The average molecular weight is 239 g/mol. The molecular weight excluding hydrogens is 234 g/mol. The Balaban J connectivity index is 2.83. The first-order chi connectivity index (χ1) is 6.42. The van der Waals surface area contributed by atoms with E-state index in [1.807, 2.05) is 0 Å². The van der Waals surface area contributed by atoms with Crippen molar-refractivity contribution in [3.05, 3.63) is 29.3 Å². The van der Waals surface area contributed by atoms with Crippen LogP contribution in [0.5, 0.6) is 0 Å². The van der Waals surface area contributed by atoms with E-state index < -0.39 is 11.2 Å². The van der Waals surface area contributed by atoms with Crippen molar-refractivity contribution in [3.63, 3.8) is 0 Å². The van der Waals surface area contributed by atoms with Crippen molar-refractivity contribution in [2.45, 2.75) is 10.2 Å². The molecule has 14 heavy (non-hydrogen) atoms. The Hall–Kier alpha value is -0.810. The zero-order valence-electron chi connectivity index (χ0n) is 6.71. The second kappa shape index (κ2) is 4.14. The van der Waals surface area contributed by atoms with E-state index in [0.717, 1.165) is 0 Å². The summed E-state index contributed by atoms with van der Waals surface area (Å²) in [6.07, 6.45) is 0. The maximum absolute atomic E-state index is 12.7. The number of benzene rings is 1. The van der Waals surface area contributed by atoms with Gasteiger partial charge in [-0.15, -0.1) is 0 Å². The fourth-order valence-electron chi connectivity index (χ4n) is 0.722. The fraction of sp³-hybridized carbons (Fsp3) is 0.125. The molecule has 0 saturated heterocycles. The maximum atomic E-state index is 12.7. The molecule has 0 aromatic heterocycles. The van der Waals surface area contributed by atoms with Crippen LogP contribution in [0.2, 0.25) is 5.02 Å². The van der Waals surface area contributed by atoms with Crippen molar-refractivity contribution in [1.82, 2.24) is 0 Å². The molecule has 76 valence electrons. The van der Waals surface area contributed by atoms with Crippen molar-refractivity contribution in [1.29, 1.82) is 0 Å². The number of carboxylic acid groups (broad SMARTS) is 1. The van der Waals surface area contributed by atoms with Gasteiger partial charge in [0.2, 0.25) is 0 Å². The maximum Gasteiger partial charge on any atom is 0.393 e. The summed E-state index contributed by atoms with van der Waals surface area (Å²) in [4.78, 5) is 10.2. The number of thioether (sulfide) groups is 1. The lowest BCUT2D eigenvalue weighted by Crippen LogP contribution is -2.23. The number of alkyl halides is 2. The highest BCUT2D eigenvalue weighted by Crippen LogP contribution is 2.36. The largest absolute Gasteiger partial charge is 0.476 e. The smallest absolute Gasteiger partial charge is 0.393 e. The molecule has 2 nitrogen and oxygen atoms in total. The Morgan fingerprint density at radius 3 is 2.64 bits per heavy atom. The summed E-state index contributed by atoms with van der Waals surface area (Å²) in [5.41, 5.74) is 0. The van der Waals surface area contributed by atoms with Gasteiger partial charge in [-0.05, 0) is 30.0 Å². The van der Waals surface area contributed by atoms with E-state index >= 15 is 0 Å². The number of carboxylic acids is 1. The minimum absolute atomic E-state index is 0.0492. The Labute approximate surface area is 87.9 Å². The molecule has 0 spiro atoms. The number of hydrogen-bond donors (Lipinski definition) is 1. The molecule has 0 aliphatic heterocycles. The number of halogens is 3. The predicted octanol–water partition coefficient (Wildman–Crippen LogP) is 3.11. The number of aliphatic carboxylic acids is 1. The van der Waals surface area contributed by atoms with Crippen LogP contribution in [0.1, 0.15) is 0 Å². The van der Waals surface area contributed by atoms with Crippen LogP contribution < -0.4 is 0 Å². The minimum Gasteiger partial charge on any atom is -0.476 e. The molecule has 0 amide bonds. The number of rotatable bonds is 3. The molecule has 0 aliphatic rings. The van der Waals surface area contributed by atoms with E-state index in [9.17, 15) is 13.6 Å². The van der Waals surface area contributed by atoms with Gasteiger partial charge in [0.1, 0.15) is 0 Å². The van der Waals surface area contributed by atoms with E-state index in [0.29, 0.717) is 0 Å². The average Bonchev–Trinajstić information content (AvgIpc) is 2.02. The topological polar surface area (TPSA) is 37.3 Å². The summed E-state index contributed by atoms with van der Waals surface area (Å²) in [5.74, 6) is -2.16. The molecule has 1 N–H and O–H groups in total. The van der Waals surface area contributed by atoms with Gasteiger partial charge in [-0.3, -0.25) is 0 Å². The molecule has 1 aromatic rings. The summed E-state index contributed by atoms with van der Waals surface area (Å²) in [6.45, 7) is 0. The molecule has 0 saturated carbocycles. The Bertz CT molecular complexity index is 357. The summed E-state index contributed by atoms with van der Waals surface area (Å²) in [7, 11) is 0. The summed E-state index contributed by atoms with van der Waals surface area (Å²) in [6, 6.07) is 5.64. The van der Waals surface area contributed by atoms with Crippen molar-refractivity contribution < 1.29 is 18.7 Å². The van der Waals surface area contributed by atoms with Crippen molar-refractivity contribution in [2.75, 3.05) is 0 Å². The molecule has 0 fully saturated rings. The van der Waals surface area contributed by atoms with Crippen molar-refractivity contribution >= 4 is 29.3 Å². The predicted molar refractivity (Wildman–Crippen MR) is 49.9 cm³/mol. The molecule has 1 rings (SSSR count). The third-order valence-corrected chi connectivity index (χ3v) is 2.45. The minimum atomic E-state index is -3.83. The quantitative estimate of drug-likeness (QED) is 0.823. The first-order valence-electron chi connectivity index (χ1n) is 3.47. The van der Waals surface area contributed by atoms with Gasteiger partial charge in [-0.1, -0.05) is 17.7 Å². The summed E-state index contributed by atoms with van der Waals surface area (Å²) in [5, 5.41) is 4.63. The van der Waals surface area contributed by atoms with Gasteiger partial charge in [-0.2, -0.15) is 8.78 Å². The third kappa shape index (κ3) is 2.85. The van der Waals surface area contributed by atoms with Gasteiger partial charge in [0, 0.05) is 9.92 Å². The van der Waals surface area contributed by atoms with Crippen LogP contribution in [0.25, 0.3) is 0 Å². The second-order valence-electron chi connectivity index (χ2n) is 2.38. The zero-order valence-corrected chi connectivity index (χ0v) is 8.28. The van der Waals surface area contributed by atoms with E-state index in [1.54, 1.807) is 0 Å². The standard InChI is InChI=1S/C8H5ClF2O2S/c9-5-2-1-3-6(4-5)14-8(10,11)7(12)13/h1-4H,(H,12,13). The van der Waals surface area contributed by atoms with Crippen molar-refractivity contribution in [3.8, 4) is 0 Å². The normalized spacial score (nSPS) is 11.4. The van der Waals surface area contributed by atoms with Crippen LogP contribution in [-0.4, -0.2) is 16.3 Å². The molecule has 1 aromatic carbocycles. The molecule has 0 bridgehead atoms. The van der Waals surface area contributed by atoms with Gasteiger partial charge in [0.05, 0.1) is 0 Å². The third-order valence-electron chi connectivity index (χ3n) is 1.29. The molecule has 0 unspecified atom stereocenters. The highest BCUT2D eigenvalue weighted by molar-refractivity contribution is 8.01. The van der Waals surface area contributed by atoms with E-state index in [-0.39, 0.29) is 21.7 Å². The van der Waals surface area contributed by atoms with Crippen LogP contribution in [0.15, 0.2) is 29.2 Å². The van der Waals surface area contributed by atoms with Crippen LogP contribution in [0.3, 0.4) is 0 Å². The molecule has 0 aliphatic carbocycles. The van der Waals surface area contributed by atoms with Gasteiger partial charge in [0.15, 0.2) is 0 Å². The summed E-state index contributed by atoms with van der Waals surface area (Å²) >= 11 is 5.50. The Morgan fingerprint density at radius 1 is 1.50 bits per heavy atom. The van der Waals surface area contributed by atoms with Gasteiger partial charge < -0.3 is 5.11 Å². The molecular formula is C8H5ClF2O2S. The Kier molecular flexibility index (Phi) is 3.34. The number of carbonyl (C=O) groups is 1. The van der Waals surface area contributed by atoms with Crippen molar-refractivity contribution in [2.24, 2.45) is 0 Å². The lowest BCUT2D eigenvalue weighted by molar-refractivity contribution is -0.152. The van der Waals surface area contributed by atoms with Crippen LogP contribution >= 0.6 is 23.4 Å². The molecule has 0 radical (unpaired) electrons. The monoisotopic (exact) mass is 238 g/mol. The van der Waals surface area contributed by atoms with Crippen LogP contribution in [0.4, 0.5) is 8.78 Å². The highest BCUT2D eigenvalue weighted by Gasteiger charge is 2.40. The van der Waals surface area contributed by atoms with E-state index in [2.05, 4.69) is 0 Å².